The average molecular weight is 507 g/mol. The SMILES string of the molecule is Cc1sc2c(c1C)C(c1ccc(N3CC(=NO)C3)cc1)=N[C@@H](CC(=O)OC(C)(C)C)c1nnc(C)n1-2. The third kappa shape index (κ3) is 4.30. The number of aromatic nitrogens is 3. The number of esters is 1. The fourth-order valence-electron chi connectivity index (χ4n) is 4.54. The van der Waals surface area contributed by atoms with Crippen molar-refractivity contribution in [2.75, 3.05) is 18.0 Å². The molecule has 1 saturated heterocycles. The molecule has 3 aromatic rings. The highest BCUT2D eigenvalue weighted by molar-refractivity contribution is 7.15. The Morgan fingerprint density at radius 2 is 1.86 bits per heavy atom. The number of nitrogens with zero attached hydrogens (tertiary/aromatic N) is 6. The van der Waals surface area contributed by atoms with Crippen LogP contribution in [0.2, 0.25) is 0 Å². The van der Waals surface area contributed by atoms with Crippen molar-refractivity contribution in [2.45, 2.75) is 59.6 Å². The van der Waals surface area contributed by atoms with E-state index in [1.807, 2.05) is 32.3 Å². The van der Waals surface area contributed by atoms with Crippen LogP contribution in [-0.4, -0.2) is 56.1 Å². The smallest absolute Gasteiger partial charge is 0.308 e. The van der Waals surface area contributed by atoms with Crippen molar-refractivity contribution in [3.8, 4) is 5.00 Å². The van der Waals surface area contributed by atoms with E-state index in [1.165, 1.54) is 4.88 Å². The first-order valence-electron chi connectivity index (χ1n) is 11.9. The zero-order chi connectivity index (χ0) is 25.8. The Labute approximate surface area is 214 Å². The maximum Gasteiger partial charge on any atom is 0.308 e. The highest BCUT2D eigenvalue weighted by Gasteiger charge is 2.33. The van der Waals surface area contributed by atoms with Gasteiger partial charge in [-0.1, -0.05) is 17.3 Å². The molecule has 0 radical (unpaired) electrons. The van der Waals surface area contributed by atoms with Crippen LogP contribution < -0.4 is 4.90 Å². The Bertz CT molecular complexity index is 1390. The van der Waals surface area contributed by atoms with E-state index in [4.69, 9.17) is 14.9 Å². The van der Waals surface area contributed by atoms with E-state index in [0.29, 0.717) is 18.9 Å². The van der Waals surface area contributed by atoms with Gasteiger partial charge in [0.25, 0.3) is 0 Å². The highest BCUT2D eigenvalue weighted by Crippen LogP contribution is 2.40. The minimum absolute atomic E-state index is 0.0704. The van der Waals surface area contributed by atoms with Crippen molar-refractivity contribution < 1.29 is 14.7 Å². The molecule has 188 valence electrons. The quantitative estimate of drug-likeness (QED) is 0.317. The number of benzene rings is 1. The van der Waals surface area contributed by atoms with Crippen molar-refractivity contribution in [1.82, 2.24) is 14.8 Å². The fraction of sp³-hybridized carbons (Fsp3) is 0.423. The van der Waals surface area contributed by atoms with Crippen LogP contribution >= 0.6 is 11.3 Å². The number of fused-ring (bicyclic) bond motifs is 3. The molecule has 1 N–H and O–H groups in total. The number of aliphatic imine (C=N–C) groups is 1. The van der Waals surface area contributed by atoms with Gasteiger partial charge in [0.15, 0.2) is 5.82 Å². The molecule has 2 aliphatic rings. The number of hydrogen-bond donors (Lipinski definition) is 1. The lowest BCUT2D eigenvalue weighted by Gasteiger charge is -2.33. The maximum absolute atomic E-state index is 12.9. The largest absolute Gasteiger partial charge is 0.460 e. The Hall–Kier alpha value is -3.53. The van der Waals surface area contributed by atoms with Crippen molar-refractivity contribution >= 4 is 34.4 Å². The topological polar surface area (TPSA) is 105 Å². The van der Waals surface area contributed by atoms with Gasteiger partial charge in [0, 0.05) is 21.7 Å². The van der Waals surface area contributed by atoms with E-state index >= 15 is 0 Å². The van der Waals surface area contributed by atoms with E-state index in [2.05, 4.69) is 58.4 Å². The highest BCUT2D eigenvalue weighted by atomic mass is 32.1. The minimum Gasteiger partial charge on any atom is -0.460 e. The lowest BCUT2D eigenvalue weighted by atomic mass is 9.99. The van der Waals surface area contributed by atoms with Crippen LogP contribution in [0.5, 0.6) is 0 Å². The number of thiophene rings is 1. The number of rotatable bonds is 4. The van der Waals surface area contributed by atoms with Gasteiger partial charge in [-0.3, -0.25) is 14.4 Å². The molecule has 0 saturated carbocycles. The Morgan fingerprint density at radius 3 is 2.50 bits per heavy atom. The summed E-state index contributed by atoms with van der Waals surface area (Å²) in [7, 11) is 0. The number of oxime groups is 1. The molecule has 9 nitrogen and oxygen atoms in total. The predicted molar refractivity (Wildman–Crippen MR) is 140 cm³/mol. The number of aryl methyl sites for hydroxylation is 2. The van der Waals surface area contributed by atoms with E-state index < -0.39 is 11.6 Å². The minimum atomic E-state index is -0.586. The summed E-state index contributed by atoms with van der Waals surface area (Å²) >= 11 is 1.69. The zero-order valence-electron chi connectivity index (χ0n) is 21.4. The lowest BCUT2D eigenvalue weighted by Crippen LogP contribution is -2.47. The molecule has 2 aromatic heterocycles. The van der Waals surface area contributed by atoms with Gasteiger partial charge in [-0.2, -0.15) is 0 Å². The summed E-state index contributed by atoms with van der Waals surface area (Å²) in [5.41, 5.74) is 5.22. The van der Waals surface area contributed by atoms with Crippen molar-refractivity contribution in [3.05, 3.63) is 57.5 Å². The summed E-state index contributed by atoms with van der Waals surface area (Å²) in [5.74, 6) is 1.08. The van der Waals surface area contributed by atoms with Crippen LogP contribution in [0, 0.1) is 20.8 Å². The molecule has 1 fully saturated rings. The van der Waals surface area contributed by atoms with E-state index in [1.54, 1.807) is 11.3 Å². The second-order valence-corrected chi connectivity index (χ2v) is 11.5. The normalized spacial score (nSPS) is 17.1. The molecule has 10 heteroatoms. The van der Waals surface area contributed by atoms with Crippen molar-refractivity contribution in [1.29, 1.82) is 0 Å². The van der Waals surface area contributed by atoms with Crippen LogP contribution in [0.25, 0.3) is 5.00 Å². The third-order valence-corrected chi connectivity index (χ3v) is 7.61. The first kappa shape index (κ1) is 24.2. The summed E-state index contributed by atoms with van der Waals surface area (Å²) in [6.07, 6.45) is 0.0704. The second kappa shape index (κ2) is 8.85. The molecule has 1 atom stereocenters. The molecule has 1 aromatic carbocycles. The first-order chi connectivity index (χ1) is 17.1. The average Bonchev–Trinajstić information content (AvgIpc) is 3.24. The molecular weight excluding hydrogens is 476 g/mol. The van der Waals surface area contributed by atoms with Crippen LogP contribution in [0.3, 0.4) is 0 Å². The van der Waals surface area contributed by atoms with Gasteiger partial charge in [0.2, 0.25) is 0 Å². The molecule has 0 aliphatic carbocycles. The van der Waals surface area contributed by atoms with Crippen molar-refractivity contribution in [2.24, 2.45) is 10.1 Å². The molecule has 5 rings (SSSR count). The lowest BCUT2D eigenvalue weighted by molar-refractivity contribution is -0.155. The van der Waals surface area contributed by atoms with Crippen LogP contribution in [0.15, 0.2) is 34.4 Å². The van der Waals surface area contributed by atoms with Crippen LogP contribution in [-0.2, 0) is 9.53 Å². The van der Waals surface area contributed by atoms with Gasteiger partial charge in [-0.15, -0.1) is 21.5 Å². The maximum atomic E-state index is 12.9. The van der Waals surface area contributed by atoms with Gasteiger partial charge < -0.3 is 14.8 Å². The predicted octanol–water partition coefficient (Wildman–Crippen LogP) is 4.53. The molecule has 36 heavy (non-hydrogen) atoms. The standard InChI is InChI=1S/C26H30N6O3S/c1-14-15(2)36-25-22(14)23(17-7-9-19(10-8-17)31-12-18(13-31)30-34)27-20(11-21(33)35-26(4,5)6)24-29-28-16(3)32(24)25/h7-10,20,34H,11-13H2,1-6H3/t20-/m0/s1. The van der Waals surface area contributed by atoms with Gasteiger partial charge in [-0.25, -0.2) is 0 Å². The van der Waals surface area contributed by atoms with E-state index in [9.17, 15) is 4.79 Å². The zero-order valence-corrected chi connectivity index (χ0v) is 22.2. The van der Waals surface area contributed by atoms with Crippen LogP contribution in [0.1, 0.15) is 66.5 Å². The summed E-state index contributed by atoms with van der Waals surface area (Å²) < 4.78 is 7.67. The number of hydrogen-bond acceptors (Lipinski definition) is 9. The number of carbonyl (C=O) groups excluding carboxylic acids is 1. The second-order valence-electron chi connectivity index (χ2n) is 10.3. The van der Waals surface area contributed by atoms with Crippen molar-refractivity contribution in [3.63, 3.8) is 0 Å². The Kier molecular flexibility index (Phi) is 5.94. The number of carbonyl (C=O) groups is 1. The van der Waals surface area contributed by atoms with E-state index in [0.717, 1.165) is 44.6 Å². The monoisotopic (exact) mass is 506 g/mol. The first-order valence-corrected chi connectivity index (χ1v) is 12.7. The molecule has 0 spiro atoms. The van der Waals surface area contributed by atoms with Gasteiger partial charge in [-0.05, 0) is 59.2 Å². The molecule has 0 amide bonds. The fourth-order valence-corrected chi connectivity index (χ4v) is 5.75. The van der Waals surface area contributed by atoms with Gasteiger partial charge >= 0.3 is 5.97 Å². The van der Waals surface area contributed by atoms with E-state index in [-0.39, 0.29) is 12.4 Å². The molecule has 2 aliphatic heterocycles. The third-order valence-electron chi connectivity index (χ3n) is 6.41. The Balaban J connectivity index is 1.59. The summed E-state index contributed by atoms with van der Waals surface area (Å²) in [6, 6.07) is 7.69. The molecular formula is C26H30N6O3S. The molecule has 0 bridgehead atoms. The summed E-state index contributed by atoms with van der Waals surface area (Å²) in [5, 5.41) is 22.0. The van der Waals surface area contributed by atoms with Crippen LogP contribution in [0.4, 0.5) is 5.69 Å². The number of anilines is 1. The molecule has 4 heterocycles. The Morgan fingerprint density at radius 1 is 1.17 bits per heavy atom. The summed E-state index contributed by atoms with van der Waals surface area (Å²) in [4.78, 5) is 21.3. The molecule has 0 unspecified atom stereocenters. The van der Waals surface area contributed by atoms with Gasteiger partial charge in [0.05, 0.1) is 30.9 Å². The number of ether oxygens (including phenoxy) is 1. The summed E-state index contributed by atoms with van der Waals surface area (Å²) in [6.45, 7) is 13.0. The van der Waals surface area contributed by atoms with Gasteiger partial charge in [0.1, 0.15) is 22.5 Å².